The van der Waals surface area contributed by atoms with Crippen LogP contribution < -0.4 is 10.2 Å². The van der Waals surface area contributed by atoms with Crippen molar-refractivity contribution in [3.63, 3.8) is 0 Å². The van der Waals surface area contributed by atoms with E-state index in [9.17, 15) is 4.79 Å². The van der Waals surface area contributed by atoms with Gasteiger partial charge in [0.15, 0.2) is 0 Å². The van der Waals surface area contributed by atoms with Crippen molar-refractivity contribution in [3.8, 4) is 0 Å². The third kappa shape index (κ3) is 6.41. The van der Waals surface area contributed by atoms with E-state index in [1.807, 2.05) is 23.1 Å². The predicted molar refractivity (Wildman–Crippen MR) is 128 cm³/mol. The van der Waals surface area contributed by atoms with Gasteiger partial charge in [0, 0.05) is 18.8 Å². The lowest BCUT2D eigenvalue weighted by molar-refractivity contribution is -0.122. The van der Waals surface area contributed by atoms with Gasteiger partial charge in [-0.2, -0.15) is 0 Å². The Morgan fingerprint density at radius 3 is 2.35 bits per heavy atom. The van der Waals surface area contributed by atoms with Crippen LogP contribution in [0.5, 0.6) is 0 Å². The molecule has 4 rings (SSSR count). The fraction of sp³-hybridized carbons (Fsp3) is 0.519. The van der Waals surface area contributed by atoms with Crippen molar-refractivity contribution >= 4 is 11.6 Å². The van der Waals surface area contributed by atoms with Crippen LogP contribution in [0.3, 0.4) is 0 Å². The lowest BCUT2D eigenvalue weighted by Crippen LogP contribution is -2.44. The molecule has 0 spiro atoms. The van der Waals surface area contributed by atoms with Crippen LogP contribution in [-0.2, 0) is 11.2 Å². The highest BCUT2D eigenvalue weighted by atomic mass is 16.2. The van der Waals surface area contributed by atoms with Crippen molar-refractivity contribution in [1.82, 2.24) is 10.2 Å². The molecular formula is C27H37N3O. The number of rotatable bonds is 8. The van der Waals surface area contributed by atoms with E-state index in [0.29, 0.717) is 5.91 Å². The van der Waals surface area contributed by atoms with Crippen LogP contribution in [0.2, 0.25) is 0 Å². The summed E-state index contributed by atoms with van der Waals surface area (Å²) in [5.74, 6) is 1.21. The maximum Gasteiger partial charge on any atom is 0.231 e. The molecule has 2 aliphatic heterocycles. The molecule has 0 radical (unpaired) electrons. The quantitative estimate of drug-likeness (QED) is 0.690. The normalized spacial score (nSPS) is 20.5. The first-order valence-electron chi connectivity index (χ1n) is 12.1. The molecule has 1 N–H and O–H groups in total. The molecule has 1 amide bonds. The number of nitrogens with zero attached hydrogens (tertiary/aromatic N) is 2. The highest BCUT2D eigenvalue weighted by molar-refractivity contribution is 5.95. The number of piperidine rings is 2. The molecule has 2 aromatic carbocycles. The minimum absolute atomic E-state index is 0.114. The third-order valence-corrected chi connectivity index (χ3v) is 6.91. The van der Waals surface area contributed by atoms with Gasteiger partial charge in [-0.3, -0.25) is 4.79 Å². The molecule has 2 fully saturated rings. The van der Waals surface area contributed by atoms with E-state index in [1.165, 1.54) is 37.9 Å². The summed E-state index contributed by atoms with van der Waals surface area (Å²) in [6.45, 7) is 6.11. The van der Waals surface area contributed by atoms with Gasteiger partial charge in [0.2, 0.25) is 5.91 Å². The fourth-order valence-electron chi connectivity index (χ4n) is 5.07. The van der Waals surface area contributed by atoms with Crippen LogP contribution in [0, 0.1) is 11.8 Å². The molecule has 0 aliphatic carbocycles. The topological polar surface area (TPSA) is 35.6 Å². The summed E-state index contributed by atoms with van der Waals surface area (Å²) in [4.78, 5) is 17.9. The van der Waals surface area contributed by atoms with E-state index in [1.54, 1.807) is 0 Å². The highest BCUT2D eigenvalue weighted by Crippen LogP contribution is 2.23. The Morgan fingerprint density at radius 2 is 1.68 bits per heavy atom. The average Bonchev–Trinajstić information content (AvgIpc) is 2.84. The van der Waals surface area contributed by atoms with Gasteiger partial charge in [-0.1, -0.05) is 48.5 Å². The number of carbonyl (C=O) groups excluding carboxylic acids is 1. The van der Waals surface area contributed by atoms with Gasteiger partial charge in [0.05, 0.1) is 5.92 Å². The number of carbonyl (C=O) groups is 1. The Hall–Kier alpha value is -2.17. The van der Waals surface area contributed by atoms with Crippen molar-refractivity contribution in [3.05, 3.63) is 66.2 Å². The molecule has 2 heterocycles. The molecule has 1 unspecified atom stereocenters. The summed E-state index contributed by atoms with van der Waals surface area (Å²) in [5, 5.41) is 3.40. The lowest BCUT2D eigenvalue weighted by atomic mass is 9.90. The van der Waals surface area contributed by atoms with Gasteiger partial charge in [-0.25, -0.2) is 0 Å². The zero-order valence-corrected chi connectivity index (χ0v) is 18.7. The summed E-state index contributed by atoms with van der Waals surface area (Å²) in [7, 11) is 0. The van der Waals surface area contributed by atoms with Gasteiger partial charge >= 0.3 is 0 Å². The predicted octanol–water partition coefficient (Wildman–Crippen LogP) is 4.36. The Morgan fingerprint density at radius 1 is 0.968 bits per heavy atom. The fourth-order valence-corrected chi connectivity index (χ4v) is 5.07. The largest absolute Gasteiger partial charge is 0.316 e. The second-order valence-corrected chi connectivity index (χ2v) is 9.20. The zero-order valence-electron chi connectivity index (χ0n) is 18.7. The zero-order chi connectivity index (χ0) is 21.3. The smallest absolute Gasteiger partial charge is 0.231 e. The number of likely N-dealkylation sites (tertiary alicyclic amines) is 1. The molecule has 2 aromatic rings. The summed E-state index contributed by atoms with van der Waals surface area (Å²) in [6.07, 6.45) is 6.90. The van der Waals surface area contributed by atoms with Gasteiger partial charge in [-0.15, -0.1) is 0 Å². The molecule has 4 heteroatoms. The molecule has 0 saturated carbocycles. The van der Waals surface area contributed by atoms with Crippen molar-refractivity contribution in [1.29, 1.82) is 0 Å². The van der Waals surface area contributed by atoms with Crippen molar-refractivity contribution in [2.24, 2.45) is 11.8 Å². The molecule has 2 saturated heterocycles. The first-order chi connectivity index (χ1) is 15.3. The number of benzene rings is 2. The SMILES string of the molecule is O=C(C1CCCNC1)N(CCCN1CCC(Cc2ccccc2)CC1)c1ccccc1. The maximum atomic E-state index is 13.3. The highest BCUT2D eigenvalue weighted by Gasteiger charge is 2.27. The third-order valence-electron chi connectivity index (χ3n) is 6.91. The molecule has 2 aliphatic rings. The van der Waals surface area contributed by atoms with Crippen molar-refractivity contribution in [2.45, 2.75) is 38.5 Å². The van der Waals surface area contributed by atoms with Crippen LogP contribution >= 0.6 is 0 Å². The van der Waals surface area contributed by atoms with E-state index < -0.39 is 0 Å². The van der Waals surface area contributed by atoms with E-state index in [2.05, 4.69) is 52.7 Å². The minimum atomic E-state index is 0.114. The maximum absolute atomic E-state index is 13.3. The molecule has 31 heavy (non-hydrogen) atoms. The van der Waals surface area contributed by atoms with Gasteiger partial charge < -0.3 is 15.1 Å². The Bertz CT molecular complexity index is 781. The van der Waals surface area contributed by atoms with Crippen molar-refractivity contribution in [2.75, 3.05) is 44.2 Å². The average molecular weight is 420 g/mol. The van der Waals surface area contributed by atoms with Crippen LogP contribution in [0.1, 0.15) is 37.7 Å². The second kappa shape index (κ2) is 11.4. The summed E-state index contributed by atoms with van der Waals surface area (Å²) in [6, 6.07) is 21.1. The van der Waals surface area contributed by atoms with Crippen LogP contribution in [-0.4, -0.2) is 50.1 Å². The van der Waals surface area contributed by atoms with E-state index >= 15 is 0 Å². The number of anilines is 1. The number of para-hydroxylation sites is 1. The summed E-state index contributed by atoms with van der Waals surface area (Å²) < 4.78 is 0. The Labute approximate surface area is 187 Å². The lowest BCUT2D eigenvalue weighted by Gasteiger charge is -2.33. The van der Waals surface area contributed by atoms with Crippen LogP contribution in [0.25, 0.3) is 0 Å². The van der Waals surface area contributed by atoms with Crippen molar-refractivity contribution < 1.29 is 4.79 Å². The van der Waals surface area contributed by atoms with Gasteiger partial charge in [0.1, 0.15) is 0 Å². The number of hydrogen-bond acceptors (Lipinski definition) is 3. The Balaban J connectivity index is 1.25. The van der Waals surface area contributed by atoms with Crippen LogP contribution in [0.4, 0.5) is 5.69 Å². The second-order valence-electron chi connectivity index (χ2n) is 9.20. The summed E-state index contributed by atoms with van der Waals surface area (Å²) >= 11 is 0. The monoisotopic (exact) mass is 419 g/mol. The molecule has 1 atom stereocenters. The van der Waals surface area contributed by atoms with E-state index in [0.717, 1.165) is 57.0 Å². The number of nitrogens with one attached hydrogen (secondary N) is 1. The number of amides is 1. The minimum Gasteiger partial charge on any atom is -0.316 e. The first kappa shape index (κ1) is 22.0. The molecule has 4 nitrogen and oxygen atoms in total. The number of hydrogen-bond donors (Lipinski definition) is 1. The molecule has 0 bridgehead atoms. The van der Waals surface area contributed by atoms with E-state index in [4.69, 9.17) is 0 Å². The summed E-state index contributed by atoms with van der Waals surface area (Å²) in [5.41, 5.74) is 2.51. The molecule has 0 aromatic heterocycles. The standard InChI is InChI=1S/C27H37N3O/c31-27(25-11-7-16-28-22-25)30(26-12-5-2-6-13-26)18-8-17-29-19-14-24(15-20-29)21-23-9-3-1-4-10-23/h1-6,9-10,12-13,24-25,28H,7-8,11,14-22H2. The molecular weight excluding hydrogens is 382 g/mol. The first-order valence-corrected chi connectivity index (χ1v) is 12.1. The molecule has 166 valence electrons. The van der Waals surface area contributed by atoms with E-state index in [-0.39, 0.29) is 5.92 Å². The van der Waals surface area contributed by atoms with Crippen LogP contribution in [0.15, 0.2) is 60.7 Å². The Kier molecular flexibility index (Phi) is 8.14. The van der Waals surface area contributed by atoms with Gasteiger partial charge in [-0.05, 0) is 88.3 Å². The van der Waals surface area contributed by atoms with Gasteiger partial charge in [0.25, 0.3) is 0 Å².